The molecule has 0 spiro atoms. The Morgan fingerprint density at radius 1 is 1.00 bits per heavy atom. The Hall–Kier alpha value is -2.60. The predicted molar refractivity (Wildman–Crippen MR) is 105 cm³/mol. The molecular formula is C21H27N5O. The average Bonchev–Trinajstić information content (AvgIpc) is 2.72. The number of piperidine rings is 1. The second-order valence-corrected chi connectivity index (χ2v) is 7.41. The zero-order chi connectivity index (χ0) is 18.8. The van der Waals surface area contributed by atoms with Gasteiger partial charge >= 0.3 is 0 Å². The second kappa shape index (κ2) is 7.56. The Labute approximate surface area is 159 Å². The monoisotopic (exact) mass is 365 g/mol. The van der Waals surface area contributed by atoms with E-state index in [1.165, 1.54) is 6.42 Å². The molecule has 1 aromatic heterocycles. The molecule has 1 fully saturated rings. The topological polar surface area (TPSA) is 91.1 Å². The fraction of sp³-hybridized carbons (Fsp3) is 0.429. The molecule has 6 nitrogen and oxygen atoms in total. The summed E-state index contributed by atoms with van der Waals surface area (Å²) in [5.41, 5.74) is 8.84. The number of pyridine rings is 1. The quantitative estimate of drug-likeness (QED) is 0.564. The molecule has 0 radical (unpaired) electrons. The van der Waals surface area contributed by atoms with Crippen molar-refractivity contribution < 1.29 is 4.74 Å². The van der Waals surface area contributed by atoms with Crippen molar-refractivity contribution in [2.75, 3.05) is 13.1 Å². The third-order valence-electron chi connectivity index (χ3n) is 5.57. The lowest BCUT2D eigenvalue weighted by atomic mass is 9.86. The molecule has 4 N–H and O–H groups in total. The van der Waals surface area contributed by atoms with Crippen LogP contribution in [-0.2, 0) is 0 Å². The van der Waals surface area contributed by atoms with Gasteiger partial charge in [-0.05, 0) is 55.4 Å². The van der Waals surface area contributed by atoms with E-state index >= 15 is 0 Å². The minimum absolute atomic E-state index is 0.0461. The maximum Gasteiger partial charge on any atom is 0.203 e. The van der Waals surface area contributed by atoms with Gasteiger partial charge in [-0.1, -0.05) is 24.3 Å². The van der Waals surface area contributed by atoms with Crippen LogP contribution in [0.2, 0.25) is 0 Å². The van der Waals surface area contributed by atoms with Crippen LogP contribution < -0.4 is 16.0 Å². The number of aromatic nitrogens is 1. The van der Waals surface area contributed by atoms with Crippen LogP contribution in [0.4, 0.5) is 0 Å². The summed E-state index contributed by atoms with van der Waals surface area (Å²) in [5.74, 6) is 1.04. The van der Waals surface area contributed by atoms with Crippen LogP contribution >= 0.6 is 0 Å². The summed E-state index contributed by atoms with van der Waals surface area (Å²) in [6, 6.07) is 11.8. The molecule has 0 amide bonds. The summed E-state index contributed by atoms with van der Waals surface area (Å²) >= 11 is 0. The van der Waals surface area contributed by atoms with Gasteiger partial charge in [0.15, 0.2) is 0 Å². The van der Waals surface area contributed by atoms with E-state index in [1.54, 1.807) is 16.8 Å². The van der Waals surface area contributed by atoms with Crippen LogP contribution in [-0.4, -0.2) is 28.5 Å². The molecule has 0 saturated carbocycles. The van der Waals surface area contributed by atoms with Crippen molar-refractivity contribution in [1.29, 1.82) is 10.8 Å². The fourth-order valence-electron chi connectivity index (χ4n) is 4.05. The molecule has 1 aliphatic carbocycles. The predicted octanol–water partition coefficient (Wildman–Crippen LogP) is 3.15. The van der Waals surface area contributed by atoms with Gasteiger partial charge in [0.05, 0.1) is 6.20 Å². The molecule has 142 valence electrons. The Morgan fingerprint density at radius 3 is 2.52 bits per heavy atom. The number of fused-ring (bicyclic) bond motifs is 1. The lowest BCUT2D eigenvalue weighted by Gasteiger charge is -2.31. The van der Waals surface area contributed by atoms with Crippen molar-refractivity contribution in [3.63, 3.8) is 0 Å². The van der Waals surface area contributed by atoms with Gasteiger partial charge in [-0.25, -0.2) is 0 Å². The van der Waals surface area contributed by atoms with Gasteiger partial charge in [0, 0.05) is 19.1 Å². The highest BCUT2D eigenvalue weighted by molar-refractivity contribution is 5.79. The highest BCUT2D eigenvalue weighted by Crippen LogP contribution is 2.37. The average molecular weight is 365 g/mol. The Morgan fingerprint density at radius 2 is 1.74 bits per heavy atom. The number of hydrogen-bond acceptors (Lipinski definition) is 4. The standard InChI is InChI=1S/C21H27N5O/c22-18-9-10-19(17-7-3-2-6-16(17)18)27-15-8-11-20(23)26(14-15)21(24)25-12-4-1-5-13-25/h2-3,6-8,11,14,18-19,23-24H,1,4-5,9-10,12-13,22H2/t18?,19-/m1/s1. The van der Waals surface area contributed by atoms with Crippen molar-refractivity contribution >= 4 is 5.96 Å². The van der Waals surface area contributed by atoms with Crippen LogP contribution in [0.1, 0.15) is 55.4 Å². The molecule has 0 bridgehead atoms. The van der Waals surface area contributed by atoms with Crippen molar-refractivity contribution in [1.82, 2.24) is 9.47 Å². The number of likely N-dealkylation sites (tertiary alicyclic amines) is 1. The first-order valence-corrected chi connectivity index (χ1v) is 9.76. The minimum Gasteiger partial charge on any atom is -0.484 e. The van der Waals surface area contributed by atoms with Crippen LogP contribution in [0.3, 0.4) is 0 Å². The van der Waals surface area contributed by atoms with Crippen LogP contribution in [0.5, 0.6) is 5.75 Å². The molecule has 1 saturated heterocycles. The van der Waals surface area contributed by atoms with E-state index < -0.39 is 0 Å². The van der Waals surface area contributed by atoms with Gasteiger partial charge in [-0.2, -0.15) is 0 Å². The van der Waals surface area contributed by atoms with E-state index in [2.05, 4.69) is 12.1 Å². The van der Waals surface area contributed by atoms with E-state index in [0.29, 0.717) is 17.2 Å². The second-order valence-electron chi connectivity index (χ2n) is 7.41. The van der Waals surface area contributed by atoms with Crippen molar-refractivity contribution in [2.45, 2.75) is 44.2 Å². The maximum atomic E-state index is 8.52. The number of hydrogen-bond donors (Lipinski definition) is 3. The minimum atomic E-state index is -0.0461. The number of benzene rings is 1. The van der Waals surface area contributed by atoms with E-state index in [-0.39, 0.29) is 12.1 Å². The fourth-order valence-corrected chi connectivity index (χ4v) is 4.05. The van der Waals surface area contributed by atoms with Crippen LogP contribution in [0.15, 0.2) is 42.6 Å². The number of nitrogens with two attached hydrogens (primary N) is 1. The van der Waals surface area contributed by atoms with Crippen molar-refractivity contribution in [3.05, 3.63) is 59.2 Å². The first kappa shape index (κ1) is 17.8. The van der Waals surface area contributed by atoms with Crippen LogP contribution in [0, 0.1) is 10.8 Å². The van der Waals surface area contributed by atoms with Gasteiger partial charge < -0.3 is 15.4 Å². The first-order valence-electron chi connectivity index (χ1n) is 9.76. The molecule has 2 atom stereocenters. The molecule has 1 aliphatic heterocycles. The number of nitrogens with zero attached hydrogens (tertiary/aromatic N) is 2. The Balaban J connectivity index is 1.58. The van der Waals surface area contributed by atoms with Gasteiger partial charge in [0.25, 0.3) is 0 Å². The Kier molecular flexibility index (Phi) is 4.99. The largest absolute Gasteiger partial charge is 0.484 e. The third kappa shape index (κ3) is 3.62. The van der Waals surface area contributed by atoms with Gasteiger partial charge in [0.2, 0.25) is 5.96 Å². The maximum absolute atomic E-state index is 8.52. The highest BCUT2D eigenvalue weighted by atomic mass is 16.5. The van der Waals surface area contributed by atoms with E-state index in [4.69, 9.17) is 21.3 Å². The van der Waals surface area contributed by atoms with Gasteiger partial charge in [-0.15, -0.1) is 0 Å². The zero-order valence-electron chi connectivity index (χ0n) is 15.5. The summed E-state index contributed by atoms with van der Waals surface area (Å²) < 4.78 is 7.90. The zero-order valence-corrected chi connectivity index (χ0v) is 15.5. The molecule has 2 heterocycles. The first-order chi connectivity index (χ1) is 13.1. The molecule has 1 unspecified atom stereocenters. The van der Waals surface area contributed by atoms with Gasteiger partial charge in [0.1, 0.15) is 17.3 Å². The summed E-state index contributed by atoms with van der Waals surface area (Å²) in [7, 11) is 0. The highest BCUT2D eigenvalue weighted by Gasteiger charge is 2.26. The molecule has 27 heavy (non-hydrogen) atoms. The molecule has 1 aromatic carbocycles. The Bertz CT molecular complexity index is 884. The van der Waals surface area contributed by atoms with Crippen LogP contribution in [0.25, 0.3) is 0 Å². The summed E-state index contributed by atoms with van der Waals surface area (Å²) in [4.78, 5) is 2.04. The number of rotatable bonds is 2. The van der Waals surface area contributed by atoms with Gasteiger partial charge in [-0.3, -0.25) is 15.4 Å². The summed E-state index contributed by atoms with van der Waals surface area (Å²) in [5, 5.41) is 16.7. The van der Waals surface area contributed by atoms with E-state index in [1.807, 2.05) is 23.1 Å². The SMILES string of the molecule is N=C(N1CCCCC1)n1cc(O[C@@H]2CCC(N)c3ccccc32)ccc1=N. The van der Waals surface area contributed by atoms with Crippen molar-refractivity contribution in [2.24, 2.45) is 5.73 Å². The summed E-state index contributed by atoms with van der Waals surface area (Å²) in [6.07, 6.45) is 6.91. The molecule has 2 aromatic rings. The third-order valence-corrected chi connectivity index (χ3v) is 5.57. The molecule has 6 heteroatoms. The smallest absolute Gasteiger partial charge is 0.203 e. The molecule has 4 rings (SSSR count). The number of nitrogens with one attached hydrogen (secondary N) is 2. The lowest BCUT2D eigenvalue weighted by Crippen LogP contribution is -2.42. The van der Waals surface area contributed by atoms with Crippen molar-refractivity contribution in [3.8, 4) is 5.75 Å². The normalized spacial score (nSPS) is 22.2. The number of ether oxygens (including phenoxy) is 1. The summed E-state index contributed by atoms with van der Waals surface area (Å²) in [6.45, 7) is 1.76. The molecular weight excluding hydrogens is 338 g/mol. The van der Waals surface area contributed by atoms with E-state index in [9.17, 15) is 0 Å². The molecule has 2 aliphatic rings. The van der Waals surface area contributed by atoms with E-state index in [0.717, 1.165) is 49.9 Å². The lowest BCUT2D eigenvalue weighted by molar-refractivity contribution is 0.176.